The van der Waals surface area contributed by atoms with Gasteiger partial charge >= 0.3 is 0 Å². The van der Waals surface area contributed by atoms with Crippen molar-refractivity contribution in [1.82, 2.24) is 10.2 Å². The highest BCUT2D eigenvalue weighted by atomic mass is 32.1. The normalized spacial score (nSPS) is 14.0. The van der Waals surface area contributed by atoms with Crippen LogP contribution in [0.2, 0.25) is 0 Å². The molecule has 0 saturated carbocycles. The van der Waals surface area contributed by atoms with Crippen LogP contribution in [0.4, 0.5) is 0 Å². The molecule has 0 atom stereocenters. The number of rotatable bonds is 5. The van der Waals surface area contributed by atoms with Gasteiger partial charge in [-0.25, -0.2) is 0 Å². The molecule has 1 fully saturated rings. The van der Waals surface area contributed by atoms with E-state index < -0.39 is 0 Å². The van der Waals surface area contributed by atoms with Gasteiger partial charge in [0.15, 0.2) is 0 Å². The fourth-order valence-electron chi connectivity index (χ4n) is 2.30. The van der Waals surface area contributed by atoms with E-state index in [2.05, 4.69) is 5.32 Å². The van der Waals surface area contributed by atoms with Gasteiger partial charge in [-0.2, -0.15) is 0 Å². The van der Waals surface area contributed by atoms with E-state index in [1.807, 2.05) is 4.90 Å². The van der Waals surface area contributed by atoms with Gasteiger partial charge in [0.05, 0.1) is 0 Å². The van der Waals surface area contributed by atoms with Crippen LogP contribution in [0.15, 0.2) is 24.3 Å². The Morgan fingerprint density at radius 2 is 1.71 bits per heavy atom. The zero-order valence-corrected chi connectivity index (χ0v) is 12.6. The molecule has 1 heterocycles. The van der Waals surface area contributed by atoms with Crippen LogP contribution < -0.4 is 11.1 Å². The highest BCUT2D eigenvalue weighted by molar-refractivity contribution is 7.80. The van der Waals surface area contributed by atoms with Crippen molar-refractivity contribution in [2.75, 3.05) is 19.6 Å². The summed E-state index contributed by atoms with van der Waals surface area (Å²) in [7, 11) is 0. The van der Waals surface area contributed by atoms with Crippen LogP contribution in [0.1, 0.15) is 35.2 Å². The lowest BCUT2D eigenvalue weighted by molar-refractivity contribution is -0.129. The van der Waals surface area contributed by atoms with Crippen LogP contribution in [-0.4, -0.2) is 41.3 Å². The molecule has 0 spiro atoms. The van der Waals surface area contributed by atoms with Crippen molar-refractivity contribution in [3.05, 3.63) is 35.4 Å². The third-order valence-corrected chi connectivity index (χ3v) is 3.75. The van der Waals surface area contributed by atoms with Crippen LogP contribution >= 0.6 is 12.2 Å². The maximum absolute atomic E-state index is 11.9. The molecule has 0 aromatic heterocycles. The van der Waals surface area contributed by atoms with Gasteiger partial charge in [-0.1, -0.05) is 24.4 Å². The summed E-state index contributed by atoms with van der Waals surface area (Å²) < 4.78 is 0. The molecule has 6 heteroatoms. The fourth-order valence-corrected chi connectivity index (χ4v) is 2.43. The summed E-state index contributed by atoms with van der Waals surface area (Å²) in [5, 5.41) is 2.75. The van der Waals surface area contributed by atoms with Crippen molar-refractivity contribution in [3.63, 3.8) is 0 Å². The maximum Gasteiger partial charge on any atom is 0.251 e. The van der Waals surface area contributed by atoms with Gasteiger partial charge in [-0.05, 0) is 25.0 Å². The minimum Gasteiger partial charge on any atom is -0.389 e. The quantitative estimate of drug-likeness (QED) is 0.798. The van der Waals surface area contributed by atoms with Crippen molar-refractivity contribution >= 4 is 29.0 Å². The van der Waals surface area contributed by atoms with Crippen LogP contribution in [0, 0.1) is 0 Å². The van der Waals surface area contributed by atoms with Crippen LogP contribution in [-0.2, 0) is 4.79 Å². The Morgan fingerprint density at radius 1 is 1.14 bits per heavy atom. The van der Waals surface area contributed by atoms with Gasteiger partial charge in [0.2, 0.25) is 5.91 Å². The Hall–Kier alpha value is -1.95. The second kappa shape index (κ2) is 7.17. The Bertz CT molecular complexity index is 536. The maximum atomic E-state index is 11.9. The first-order chi connectivity index (χ1) is 10.1. The molecule has 1 aromatic rings. The largest absolute Gasteiger partial charge is 0.389 e. The second-order valence-electron chi connectivity index (χ2n) is 5.04. The number of carbonyl (C=O) groups excluding carboxylic acids is 2. The van der Waals surface area contributed by atoms with Gasteiger partial charge in [0.1, 0.15) is 4.99 Å². The van der Waals surface area contributed by atoms with E-state index in [9.17, 15) is 9.59 Å². The third kappa shape index (κ3) is 4.26. The molecule has 21 heavy (non-hydrogen) atoms. The number of carbonyl (C=O) groups is 2. The molecule has 112 valence electrons. The number of likely N-dealkylation sites (tertiary alicyclic amines) is 1. The smallest absolute Gasteiger partial charge is 0.251 e. The molecule has 1 aliphatic heterocycles. The molecule has 0 radical (unpaired) electrons. The third-order valence-electron chi connectivity index (χ3n) is 3.51. The van der Waals surface area contributed by atoms with Crippen LogP contribution in [0.25, 0.3) is 0 Å². The number of hydrogen-bond donors (Lipinski definition) is 2. The Kier molecular flexibility index (Phi) is 5.27. The van der Waals surface area contributed by atoms with Gasteiger partial charge in [0.25, 0.3) is 5.91 Å². The molecule has 0 aliphatic carbocycles. The number of hydrogen-bond acceptors (Lipinski definition) is 3. The van der Waals surface area contributed by atoms with E-state index in [1.54, 1.807) is 24.3 Å². The molecule has 0 bridgehead atoms. The van der Waals surface area contributed by atoms with Crippen LogP contribution in [0.5, 0.6) is 0 Å². The van der Waals surface area contributed by atoms with Gasteiger partial charge in [-0.15, -0.1) is 0 Å². The standard InChI is InChI=1S/C15H19N3O2S/c16-14(21)11-3-5-12(6-4-11)15(20)17-8-7-13(19)18-9-1-2-10-18/h3-6H,1-2,7-10H2,(H2,16,21)(H,17,20). The van der Waals surface area contributed by atoms with Gasteiger partial charge < -0.3 is 16.0 Å². The summed E-state index contributed by atoms with van der Waals surface area (Å²) >= 11 is 4.86. The van der Waals surface area contributed by atoms with Crippen molar-refractivity contribution in [1.29, 1.82) is 0 Å². The summed E-state index contributed by atoms with van der Waals surface area (Å²) in [6.45, 7) is 2.03. The van der Waals surface area contributed by atoms with E-state index >= 15 is 0 Å². The summed E-state index contributed by atoms with van der Waals surface area (Å²) in [6.07, 6.45) is 2.50. The molecule has 1 aliphatic rings. The van der Waals surface area contributed by atoms with Crippen LogP contribution in [0.3, 0.4) is 0 Å². The highest BCUT2D eigenvalue weighted by Crippen LogP contribution is 2.08. The molecule has 1 aromatic carbocycles. The number of amides is 2. The van der Waals surface area contributed by atoms with Gasteiger partial charge in [0, 0.05) is 37.2 Å². The van der Waals surface area contributed by atoms with E-state index in [1.165, 1.54) is 0 Å². The summed E-state index contributed by atoms with van der Waals surface area (Å²) in [5.74, 6) is -0.0876. The zero-order valence-electron chi connectivity index (χ0n) is 11.8. The predicted molar refractivity (Wildman–Crippen MR) is 85.1 cm³/mol. The van der Waals surface area contributed by atoms with Crippen molar-refractivity contribution in [2.24, 2.45) is 5.73 Å². The minimum absolute atomic E-state index is 0.108. The Labute approximate surface area is 129 Å². The van der Waals surface area contributed by atoms with E-state index in [-0.39, 0.29) is 11.8 Å². The minimum atomic E-state index is -0.196. The van der Waals surface area contributed by atoms with Gasteiger partial charge in [-0.3, -0.25) is 9.59 Å². The topological polar surface area (TPSA) is 75.4 Å². The molecule has 3 N–H and O–H groups in total. The van der Waals surface area contributed by atoms with E-state index in [4.69, 9.17) is 18.0 Å². The van der Waals surface area contributed by atoms with E-state index in [0.717, 1.165) is 31.5 Å². The highest BCUT2D eigenvalue weighted by Gasteiger charge is 2.17. The molecule has 0 unspecified atom stereocenters. The van der Waals surface area contributed by atoms with E-state index in [0.29, 0.717) is 23.5 Å². The molecule has 2 rings (SSSR count). The molecule has 1 saturated heterocycles. The molecular formula is C15H19N3O2S. The molecule has 5 nitrogen and oxygen atoms in total. The monoisotopic (exact) mass is 305 g/mol. The molecular weight excluding hydrogens is 286 g/mol. The summed E-state index contributed by atoms with van der Waals surface area (Å²) in [5.41, 5.74) is 6.76. The Morgan fingerprint density at radius 3 is 2.29 bits per heavy atom. The molecule has 2 amide bonds. The first-order valence-electron chi connectivity index (χ1n) is 7.04. The lowest BCUT2D eigenvalue weighted by Crippen LogP contribution is -2.32. The lowest BCUT2D eigenvalue weighted by atomic mass is 10.1. The van der Waals surface area contributed by atoms with Crippen molar-refractivity contribution < 1.29 is 9.59 Å². The zero-order chi connectivity index (χ0) is 15.2. The average molecular weight is 305 g/mol. The Balaban J connectivity index is 1.78. The number of nitrogens with zero attached hydrogens (tertiary/aromatic N) is 1. The van der Waals surface area contributed by atoms with Crippen molar-refractivity contribution in [2.45, 2.75) is 19.3 Å². The summed E-state index contributed by atoms with van der Waals surface area (Å²) in [6, 6.07) is 6.78. The lowest BCUT2D eigenvalue weighted by Gasteiger charge is -2.15. The fraction of sp³-hybridized carbons (Fsp3) is 0.400. The average Bonchev–Trinajstić information content (AvgIpc) is 3.01. The van der Waals surface area contributed by atoms with Crippen molar-refractivity contribution in [3.8, 4) is 0 Å². The first kappa shape index (κ1) is 15.4. The number of thiocarbonyl (C=S) groups is 1. The SMILES string of the molecule is NC(=S)c1ccc(C(=O)NCCC(=O)N2CCCC2)cc1. The first-order valence-corrected chi connectivity index (χ1v) is 7.44. The number of nitrogens with one attached hydrogen (secondary N) is 1. The number of nitrogens with two attached hydrogens (primary N) is 1. The number of benzene rings is 1. The summed E-state index contributed by atoms with van der Waals surface area (Å²) in [4.78, 5) is 25.9. The predicted octanol–water partition coefficient (Wildman–Crippen LogP) is 1.06. The second-order valence-corrected chi connectivity index (χ2v) is 5.48.